The summed E-state index contributed by atoms with van der Waals surface area (Å²) in [5, 5.41) is 11.1. The molecule has 2 aliphatic rings. The minimum Gasteiger partial charge on any atom is -0.360 e. The van der Waals surface area contributed by atoms with Gasteiger partial charge in [-0.3, -0.25) is 14.3 Å². The van der Waals surface area contributed by atoms with Crippen LogP contribution in [0.1, 0.15) is 78.8 Å². The fraction of sp³-hybridized carbons (Fsp3) is 0.636. The fourth-order valence-electron chi connectivity index (χ4n) is 4.53. The lowest BCUT2D eigenvalue weighted by atomic mass is 9.71. The van der Waals surface area contributed by atoms with Gasteiger partial charge in [-0.15, -0.1) is 0 Å². The molecule has 0 radical (unpaired) electrons. The summed E-state index contributed by atoms with van der Waals surface area (Å²) < 4.78 is 7.01. The molecule has 8 nitrogen and oxygen atoms in total. The number of likely N-dealkylation sites (tertiary alicyclic amines) is 1. The molecule has 0 saturated carbocycles. The molecule has 1 unspecified atom stereocenters. The molecule has 2 aromatic rings. The lowest BCUT2D eigenvalue weighted by molar-refractivity contribution is 0.0714. The zero-order valence-corrected chi connectivity index (χ0v) is 18.3. The molecule has 4 rings (SSSR count). The number of carbonyl (C=O) groups is 2. The van der Waals surface area contributed by atoms with Gasteiger partial charge in [0, 0.05) is 32.1 Å². The monoisotopic (exact) mass is 413 g/mol. The number of piperidine rings is 1. The Morgan fingerprint density at radius 1 is 1.20 bits per heavy atom. The van der Waals surface area contributed by atoms with E-state index in [0.29, 0.717) is 23.0 Å². The highest BCUT2D eigenvalue weighted by molar-refractivity contribution is 6.08. The molecule has 1 fully saturated rings. The summed E-state index contributed by atoms with van der Waals surface area (Å²) in [5.74, 6) is 0.817. The Kier molecular flexibility index (Phi) is 5.42. The fourth-order valence-corrected chi connectivity index (χ4v) is 4.53. The van der Waals surface area contributed by atoms with Crippen molar-refractivity contribution in [2.45, 2.75) is 59.3 Å². The lowest BCUT2D eigenvalue weighted by Crippen LogP contribution is -2.37. The minimum absolute atomic E-state index is 0.0972. The number of aryl methyl sites for hydroxylation is 2. The average molecular weight is 414 g/mol. The van der Waals surface area contributed by atoms with Gasteiger partial charge < -0.3 is 14.7 Å². The zero-order chi connectivity index (χ0) is 21.5. The quantitative estimate of drug-likeness (QED) is 0.832. The molecule has 1 aliphatic heterocycles. The molecule has 0 bridgehead atoms. The van der Waals surface area contributed by atoms with E-state index in [9.17, 15) is 9.59 Å². The van der Waals surface area contributed by atoms with Crippen molar-refractivity contribution in [3.05, 3.63) is 28.9 Å². The number of anilines is 1. The Hall–Kier alpha value is -2.64. The standard InChI is InChI=1S/C22H31N5O3/c1-22(2,3)14-8-9-17-15(12-14)18(25-30-17)20(28)24-16-13-23-26(4)19(16)21(29)27-10-6-5-7-11-27/h13-14H,5-12H2,1-4H3,(H,24,28). The molecule has 1 saturated heterocycles. The van der Waals surface area contributed by atoms with Crippen LogP contribution in [-0.4, -0.2) is 44.7 Å². The Morgan fingerprint density at radius 2 is 1.93 bits per heavy atom. The van der Waals surface area contributed by atoms with E-state index in [2.05, 4.69) is 36.3 Å². The van der Waals surface area contributed by atoms with Gasteiger partial charge >= 0.3 is 0 Å². The summed E-state index contributed by atoms with van der Waals surface area (Å²) in [6.07, 6.45) is 7.28. The predicted molar refractivity (Wildman–Crippen MR) is 112 cm³/mol. The summed E-state index contributed by atoms with van der Waals surface area (Å²) in [7, 11) is 1.72. The Morgan fingerprint density at radius 3 is 2.63 bits per heavy atom. The van der Waals surface area contributed by atoms with Crippen LogP contribution in [0.4, 0.5) is 5.69 Å². The van der Waals surface area contributed by atoms with Crippen LogP contribution in [0.25, 0.3) is 0 Å². The van der Waals surface area contributed by atoms with Crippen LogP contribution in [-0.2, 0) is 19.9 Å². The van der Waals surface area contributed by atoms with Crippen molar-refractivity contribution in [2.24, 2.45) is 18.4 Å². The SMILES string of the molecule is Cn1ncc(NC(=O)c2noc3c2CC(C(C)(C)C)CC3)c1C(=O)N1CCCCC1. The molecular formula is C22H31N5O3. The van der Waals surface area contributed by atoms with E-state index in [4.69, 9.17) is 4.52 Å². The highest BCUT2D eigenvalue weighted by atomic mass is 16.5. The Labute approximate surface area is 177 Å². The third-order valence-corrected chi connectivity index (χ3v) is 6.51. The van der Waals surface area contributed by atoms with E-state index < -0.39 is 0 Å². The second-order valence-corrected chi connectivity index (χ2v) is 9.58. The van der Waals surface area contributed by atoms with E-state index in [-0.39, 0.29) is 17.2 Å². The van der Waals surface area contributed by atoms with Gasteiger partial charge in [-0.1, -0.05) is 25.9 Å². The van der Waals surface area contributed by atoms with Gasteiger partial charge in [0.2, 0.25) is 0 Å². The van der Waals surface area contributed by atoms with Crippen LogP contribution in [0.5, 0.6) is 0 Å². The number of carbonyl (C=O) groups excluding carboxylic acids is 2. The second kappa shape index (κ2) is 7.89. The first-order valence-electron chi connectivity index (χ1n) is 10.9. The van der Waals surface area contributed by atoms with Crippen molar-refractivity contribution >= 4 is 17.5 Å². The maximum atomic E-state index is 13.1. The number of nitrogens with one attached hydrogen (secondary N) is 1. The van der Waals surface area contributed by atoms with Gasteiger partial charge in [0.1, 0.15) is 11.5 Å². The third kappa shape index (κ3) is 3.87. The molecule has 2 amide bonds. The van der Waals surface area contributed by atoms with Gasteiger partial charge in [0.05, 0.1) is 11.9 Å². The number of fused-ring (bicyclic) bond motifs is 1. The van der Waals surface area contributed by atoms with Crippen molar-refractivity contribution in [1.29, 1.82) is 0 Å². The minimum atomic E-state index is -0.352. The molecule has 1 aliphatic carbocycles. The van der Waals surface area contributed by atoms with Gasteiger partial charge in [0.25, 0.3) is 11.8 Å². The van der Waals surface area contributed by atoms with Gasteiger partial charge in [-0.05, 0) is 43.4 Å². The van der Waals surface area contributed by atoms with Crippen LogP contribution >= 0.6 is 0 Å². The van der Waals surface area contributed by atoms with Crippen molar-refractivity contribution in [3.63, 3.8) is 0 Å². The van der Waals surface area contributed by atoms with Crippen LogP contribution in [0.3, 0.4) is 0 Å². The topological polar surface area (TPSA) is 93.3 Å². The Bertz CT molecular complexity index is 947. The smallest absolute Gasteiger partial charge is 0.278 e. The van der Waals surface area contributed by atoms with Crippen molar-refractivity contribution in [2.75, 3.05) is 18.4 Å². The molecule has 0 aromatic carbocycles. The predicted octanol–water partition coefficient (Wildman–Crippen LogP) is 3.44. The van der Waals surface area contributed by atoms with E-state index in [1.165, 1.54) is 10.9 Å². The molecule has 8 heteroatoms. The van der Waals surface area contributed by atoms with E-state index in [1.54, 1.807) is 7.05 Å². The number of amides is 2. The molecular weight excluding hydrogens is 382 g/mol. The first kappa shape index (κ1) is 20.6. The number of nitrogens with zero attached hydrogens (tertiary/aromatic N) is 4. The third-order valence-electron chi connectivity index (χ3n) is 6.51. The van der Waals surface area contributed by atoms with Gasteiger partial charge in [0.15, 0.2) is 5.69 Å². The molecule has 3 heterocycles. The zero-order valence-electron chi connectivity index (χ0n) is 18.3. The van der Waals surface area contributed by atoms with Crippen molar-refractivity contribution in [3.8, 4) is 0 Å². The summed E-state index contributed by atoms with van der Waals surface area (Å²) >= 11 is 0. The summed E-state index contributed by atoms with van der Waals surface area (Å²) in [6, 6.07) is 0. The van der Waals surface area contributed by atoms with Crippen molar-refractivity contribution < 1.29 is 14.1 Å². The molecule has 0 spiro atoms. The van der Waals surface area contributed by atoms with Gasteiger partial charge in [-0.2, -0.15) is 5.10 Å². The number of hydrogen-bond donors (Lipinski definition) is 1. The normalized spacial score (nSPS) is 19.5. The maximum Gasteiger partial charge on any atom is 0.278 e. The number of rotatable bonds is 3. The van der Waals surface area contributed by atoms with Crippen LogP contribution in [0.2, 0.25) is 0 Å². The first-order valence-corrected chi connectivity index (χ1v) is 10.9. The van der Waals surface area contributed by atoms with E-state index in [0.717, 1.165) is 62.9 Å². The highest BCUT2D eigenvalue weighted by Crippen LogP contribution is 2.38. The summed E-state index contributed by atoms with van der Waals surface area (Å²) in [6.45, 7) is 8.16. The number of aromatic nitrogens is 3. The van der Waals surface area contributed by atoms with Gasteiger partial charge in [-0.25, -0.2) is 0 Å². The molecule has 2 aromatic heterocycles. The lowest BCUT2D eigenvalue weighted by Gasteiger charge is -2.33. The largest absolute Gasteiger partial charge is 0.360 e. The number of hydrogen-bond acceptors (Lipinski definition) is 5. The molecule has 1 atom stereocenters. The molecule has 162 valence electrons. The first-order chi connectivity index (χ1) is 14.3. The maximum absolute atomic E-state index is 13.1. The average Bonchev–Trinajstić information content (AvgIpc) is 3.30. The van der Waals surface area contributed by atoms with Crippen LogP contribution in [0, 0.1) is 11.3 Å². The van der Waals surface area contributed by atoms with Crippen LogP contribution in [0.15, 0.2) is 10.7 Å². The van der Waals surface area contributed by atoms with E-state index in [1.807, 2.05) is 4.90 Å². The highest BCUT2D eigenvalue weighted by Gasteiger charge is 2.34. The summed E-state index contributed by atoms with van der Waals surface area (Å²) in [4.78, 5) is 27.9. The van der Waals surface area contributed by atoms with E-state index >= 15 is 0 Å². The molecule has 30 heavy (non-hydrogen) atoms. The van der Waals surface area contributed by atoms with Crippen molar-refractivity contribution in [1.82, 2.24) is 19.8 Å². The summed E-state index contributed by atoms with van der Waals surface area (Å²) in [5.41, 5.74) is 2.18. The van der Waals surface area contributed by atoms with Crippen LogP contribution < -0.4 is 5.32 Å². The Balaban J connectivity index is 1.55. The molecule has 1 N–H and O–H groups in total. The second-order valence-electron chi connectivity index (χ2n) is 9.58.